The molecule has 0 spiro atoms. The Hall–Kier alpha value is -6.73. The second-order valence-electron chi connectivity index (χ2n) is 21.6. The van der Waals surface area contributed by atoms with E-state index in [0.29, 0.717) is 58.9 Å². The molecule has 0 radical (unpaired) electrons. The SMILES string of the molecule is Brc1ncc(-c2ccccc2)s1.CC(C)(C)OC(=O)N1C[C@H]2CN(c3ncc(-c4ccccc4)s3)C(=O)[C@H]2C1.CC(C)(C)OC(=O)N1C[C@H]2CNC(=O)[C@H]2C1.N#CN1C[C@H]2CN(c3ncc(-c4ccccc4)s3)C(=O)[C@H]2C1. The van der Waals surface area contributed by atoms with Crippen molar-refractivity contribution in [2.24, 2.45) is 35.5 Å². The molecule has 6 aliphatic heterocycles. The maximum Gasteiger partial charge on any atom is 0.410 e. The fourth-order valence-corrected chi connectivity index (χ4v) is 13.2. The van der Waals surface area contributed by atoms with Gasteiger partial charge < -0.3 is 29.5 Å². The Bertz CT molecular complexity index is 3100. The third-order valence-electron chi connectivity index (χ3n) is 13.7. The number of carbonyl (C=O) groups is 5. The van der Waals surface area contributed by atoms with E-state index in [0.717, 1.165) is 35.1 Å². The molecule has 12 rings (SSSR count). The van der Waals surface area contributed by atoms with Crippen LogP contribution in [-0.2, 0) is 23.9 Å². The van der Waals surface area contributed by atoms with Crippen LogP contribution in [0.1, 0.15) is 41.5 Å². The number of nitrogens with zero attached hydrogens (tertiary/aromatic N) is 9. The number of rotatable bonds is 5. The van der Waals surface area contributed by atoms with E-state index >= 15 is 0 Å². The van der Waals surface area contributed by atoms with Crippen LogP contribution in [0.4, 0.5) is 19.9 Å². The number of ether oxygens (including phenoxy) is 2. The van der Waals surface area contributed by atoms with E-state index in [2.05, 4.69) is 54.5 Å². The van der Waals surface area contributed by atoms with Crippen LogP contribution in [0.15, 0.2) is 114 Å². The first-order valence-electron chi connectivity index (χ1n) is 25.5. The highest BCUT2D eigenvalue weighted by atomic mass is 79.9. The molecule has 21 heteroatoms. The number of likely N-dealkylation sites (tertiary alicyclic amines) is 3. The highest BCUT2D eigenvalue weighted by Crippen LogP contribution is 2.41. The van der Waals surface area contributed by atoms with Gasteiger partial charge in [-0.05, 0) is 74.2 Å². The zero-order valence-electron chi connectivity index (χ0n) is 43.7. The van der Waals surface area contributed by atoms with Crippen molar-refractivity contribution in [1.29, 1.82) is 5.26 Å². The quantitative estimate of drug-likeness (QED) is 0.161. The van der Waals surface area contributed by atoms with E-state index in [-0.39, 0.29) is 65.4 Å². The molecule has 0 saturated carbocycles. The average molecular weight is 1160 g/mol. The molecule has 77 heavy (non-hydrogen) atoms. The van der Waals surface area contributed by atoms with Crippen LogP contribution < -0.4 is 15.1 Å². The number of carbonyl (C=O) groups excluding carboxylic acids is 5. The Kier molecular flexibility index (Phi) is 16.8. The zero-order valence-corrected chi connectivity index (χ0v) is 47.7. The van der Waals surface area contributed by atoms with Crippen molar-refractivity contribution in [3.05, 3.63) is 114 Å². The fourth-order valence-electron chi connectivity index (χ4n) is 10.1. The summed E-state index contributed by atoms with van der Waals surface area (Å²) in [7, 11) is 0. The minimum Gasteiger partial charge on any atom is -0.444 e. The Morgan fingerprint density at radius 3 is 1.39 bits per heavy atom. The topological polar surface area (TPSA) is 194 Å². The fraction of sp³-hybridized carbons (Fsp3) is 0.411. The molecule has 3 aromatic carbocycles. The molecular weight excluding hydrogens is 1100 g/mol. The van der Waals surface area contributed by atoms with Gasteiger partial charge in [-0.15, -0.1) is 11.3 Å². The Morgan fingerprint density at radius 1 is 0.571 bits per heavy atom. The lowest BCUT2D eigenvalue weighted by Gasteiger charge is -2.25. The van der Waals surface area contributed by atoms with E-state index < -0.39 is 11.2 Å². The molecular formula is C56H61BrN10O7S3. The Labute approximate surface area is 469 Å². The maximum absolute atomic E-state index is 12.9. The number of nitrogens with one attached hydrogen (secondary N) is 1. The first-order chi connectivity index (χ1) is 36.8. The normalized spacial score (nSPS) is 22.2. The zero-order chi connectivity index (χ0) is 54.6. The minimum absolute atomic E-state index is 0.0347. The van der Waals surface area contributed by atoms with E-state index in [1.165, 1.54) is 21.8 Å². The average Bonchev–Trinajstić information content (AvgIpc) is 4.34. The molecule has 6 atom stereocenters. The van der Waals surface area contributed by atoms with Crippen molar-refractivity contribution in [2.75, 3.05) is 68.7 Å². The van der Waals surface area contributed by atoms with Gasteiger partial charge in [0.05, 0.1) is 32.4 Å². The summed E-state index contributed by atoms with van der Waals surface area (Å²) in [6, 6.07) is 30.3. The third kappa shape index (κ3) is 13.3. The largest absolute Gasteiger partial charge is 0.444 e. The van der Waals surface area contributed by atoms with Gasteiger partial charge in [0.15, 0.2) is 20.4 Å². The molecule has 0 aliphatic carbocycles. The highest BCUT2D eigenvalue weighted by molar-refractivity contribution is 9.11. The standard InChI is InChI=1S/C20H23N3O3S.C16H14N4OS.C11H18N2O3.C9H6BrNS/c1-20(2,3)26-19(25)22-10-14-11-23(17(24)15(14)12-22)18-21-9-16(27-18)13-7-5-4-6-8-13;17-10-19-7-12-8-20(15(21)13(12)9-19)16-18-6-14(22-16)11-4-2-1-3-5-11;1-11(2,3)16-10(15)13-5-7-4-12-9(14)8(7)6-13;10-9-11-6-8(12-9)7-4-2-1-3-5-7/h4-9,14-15H,10-12H2,1-3H3;1-6,12-13H,7-9H2;7-8H,4-6H2,1-3H3,(H,12,14);1-6H/t14-,15-;12-,13-;7-,8+;/m001./s1. The van der Waals surface area contributed by atoms with Crippen molar-refractivity contribution in [3.8, 4) is 37.5 Å². The van der Waals surface area contributed by atoms with Gasteiger partial charge in [-0.3, -0.25) is 24.2 Å². The summed E-state index contributed by atoms with van der Waals surface area (Å²) in [6.45, 7) is 16.3. The first kappa shape index (κ1) is 55.0. The number of anilines is 2. The van der Waals surface area contributed by atoms with Gasteiger partial charge in [-0.25, -0.2) is 24.5 Å². The monoisotopic (exact) mass is 1160 g/mol. The number of benzene rings is 3. The number of hydrogen-bond acceptors (Lipinski definition) is 15. The van der Waals surface area contributed by atoms with E-state index in [4.69, 9.17) is 14.7 Å². The molecule has 6 saturated heterocycles. The number of nitriles is 1. The number of aromatic nitrogens is 3. The molecule has 0 unspecified atom stereocenters. The predicted octanol–water partition coefficient (Wildman–Crippen LogP) is 10.00. The number of hydrogen-bond donors (Lipinski definition) is 1. The lowest BCUT2D eigenvalue weighted by Crippen LogP contribution is -2.38. The molecule has 5 amide bonds. The second-order valence-corrected chi connectivity index (χ2v) is 25.9. The van der Waals surface area contributed by atoms with Crippen LogP contribution in [0.3, 0.4) is 0 Å². The summed E-state index contributed by atoms with van der Waals surface area (Å²) >= 11 is 8.06. The number of fused-ring (bicyclic) bond motifs is 3. The third-order valence-corrected chi connectivity index (χ3v) is 17.4. The Morgan fingerprint density at radius 2 is 0.987 bits per heavy atom. The first-order valence-corrected chi connectivity index (χ1v) is 28.7. The number of thiazole rings is 3. The van der Waals surface area contributed by atoms with Crippen LogP contribution in [0.5, 0.6) is 0 Å². The van der Waals surface area contributed by atoms with Gasteiger partial charge in [-0.2, -0.15) is 5.26 Å². The lowest BCUT2D eigenvalue weighted by atomic mass is 10.0. The molecule has 6 fully saturated rings. The summed E-state index contributed by atoms with van der Waals surface area (Å²) in [6.07, 6.45) is 7.03. The molecule has 6 aromatic rings. The molecule has 17 nitrogen and oxygen atoms in total. The van der Waals surface area contributed by atoms with E-state index in [1.54, 1.807) is 47.2 Å². The predicted molar refractivity (Wildman–Crippen MR) is 302 cm³/mol. The van der Waals surface area contributed by atoms with Crippen molar-refractivity contribution in [3.63, 3.8) is 0 Å². The smallest absolute Gasteiger partial charge is 0.410 e. The van der Waals surface area contributed by atoms with Crippen molar-refractivity contribution >= 4 is 90.1 Å². The van der Waals surface area contributed by atoms with Gasteiger partial charge in [0.1, 0.15) is 11.2 Å². The molecule has 0 bridgehead atoms. The Balaban J connectivity index is 0.000000130. The maximum atomic E-state index is 12.9. The summed E-state index contributed by atoms with van der Waals surface area (Å²) in [5.41, 5.74) is 2.44. The lowest BCUT2D eigenvalue weighted by molar-refractivity contribution is -0.122. The van der Waals surface area contributed by atoms with Crippen molar-refractivity contribution < 1.29 is 33.4 Å². The van der Waals surface area contributed by atoms with Crippen LogP contribution in [0.25, 0.3) is 31.3 Å². The van der Waals surface area contributed by atoms with Gasteiger partial charge in [0, 0.05) is 95.2 Å². The van der Waals surface area contributed by atoms with Crippen LogP contribution in [0.2, 0.25) is 0 Å². The van der Waals surface area contributed by atoms with Gasteiger partial charge >= 0.3 is 12.2 Å². The van der Waals surface area contributed by atoms with Crippen LogP contribution in [0, 0.1) is 47.0 Å². The van der Waals surface area contributed by atoms with Crippen molar-refractivity contribution in [1.82, 2.24) is 35.0 Å². The molecule has 402 valence electrons. The number of amides is 5. The van der Waals surface area contributed by atoms with Crippen LogP contribution in [-0.4, -0.2) is 130 Å². The summed E-state index contributed by atoms with van der Waals surface area (Å²) in [5.74, 6) is 0.621. The summed E-state index contributed by atoms with van der Waals surface area (Å²) in [4.78, 5) is 85.8. The highest BCUT2D eigenvalue weighted by Gasteiger charge is 2.50. The van der Waals surface area contributed by atoms with Gasteiger partial charge in [-0.1, -0.05) is 114 Å². The van der Waals surface area contributed by atoms with Crippen molar-refractivity contribution in [2.45, 2.75) is 52.7 Å². The molecule has 9 heterocycles. The molecule has 1 N–H and O–H groups in total. The number of halogens is 1. The molecule has 6 aliphatic rings. The minimum atomic E-state index is -0.528. The summed E-state index contributed by atoms with van der Waals surface area (Å²) < 4.78 is 11.6. The molecule has 3 aromatic heterocycles. The second kappa shape index (κ2) is 23.5. The van der Waals surface area contributed by atoms with Crippen LogP contribution >= 0.6 is 49.9 Å². The van der Waals surface area contributed by atoms with E-state index in [1.807, 2.05) is 139 Å². The van der Waals surface area contributed by atoms with Gasteiger partial charge in [0.2, 0.25) is 17.7 Å². The van der Waals surface area contributed by atoms with E-state index in [9.17, 15) is 24.0 Å². The van der Waals surface area contributed by atoms with Gasteiger partial charge in [0.25, 0.3) is 0 Å². The summed E-state index contributed by atoms with van der Waals surface area (Å²) in [5, 5.41) is 13.3.